The average molecular weight is 268 g/mol. The third-order valence-electron chi connectivity index (χ3n) is 4.45. The van der Waals surface area contributed by atoms with Gasteiger partial charge in [-0.1, -0.05) is 19.3 Å². The van der Waals surface area contributed by atoms with E-state index in [0.29, 0.717) is 12.1 Å². The Kier molecular flexibility index (Phi) is 4.91. The van der Waals surface area contributed by atoms with E-state index in [2.05, 4.69) is 38.3 Å². The minimum atomic E-state index is 0.178. The van der Waals surface area contributed by atoms with Crippen LogP contribution in [-0.2, 0) is 4.74 Å². The van der Waals surface area contributed by atoms with Gasteiger partial charge in [0.1, 0.15) is 0 Å². The van der Waals surface area contributed by atoms with Gasteiger partial charge in [0, 0.05) is 17.1 Å². The van der Waals surface area contributed by atoms with Crippen LogP contribution in [0.15, 0.2) is 0 Å². The predicted molar refractivity (Wildman–Crippen MR) is 80.3 cm³/mol. The molecule has 0 aromatic carbocycles. The van der Waals surface area contributed by atoms with E-state index in [1.165, 1.54) is 32.1 Å². The molecule has 0 atom stereocenters. The number of ether oxygens (including phenoxy) is 1. The van der Waals surface area contributed by atoms with Crippen LogP contribution in [0, 0.1) is 0 Å². The van der Waals surface area contributed by atoms with Gasteiger partial charge in [0.25, 0.3) is 0 Å². The lowest BCUT2D eigenvalue weighted by Gasteiger charge is -2.46. The maximum Gasteiger partial charge on any atom is 0.0971 e. The fourth-order valence-corrected chi connectivity index (χ4v) is 3.94. The van der Waals surface area contributed by atoms with E-state index in [9.17, 15) is 0 Å². The Balaban J connectivity index is 1.72. The SMILES string of the molecule is CC1(C)CC(OCNC2CCCCC2)CC(C)(C)N1. The van der Waals surface area contributed by atoms with Gasteiger partial charge in [-0.15, -0.1) is 0 Å². The van der Waals surface area contributed by atoms with Gasteiger partial charge in [0.05, 0.1) is 12.8 Å². The zero-order valence-electron chi connectivity index (χ0n) is 13.2. The quantitative estimate of drug-likeness (QED) is 0.768. The molecule has 0 unspecified atom stereocenters. The van der Waals surface area contributed by atoms with Gasteiger partial charge in [-0.3, -0.25) is 5.32 Å². The fourth-order valence-electron chi connectivity index (χ4n) is 3.94. The molecule has 0 bridgehead atoms. The zero-order valence-corrected chi connectivity index (χ0v) is 13.2. The molecule has 3 nitrogen and oxygen atoms in total. The Morgan fingerprint density at radius 3 is 2.16 bits per heavy atom. The topological polar surface area (TPSA) is 33.3 Å². The van der Waals surface area contributed by atoms with Crippen molar-refractivity contribution in [2.24, 2.45) is 0 Å². The lowest BCUT2D eigenvalue weighted by molar-refractivity contribution is -0.0324. The minimum absolute atomic E-state index is 0.178. The van der Waals surface area contributed by atoms with Crippen LogP contribution in [-0.4, -0.2) is 30.0 Å². The van der Waals surface area contributed by atoms with Crippen LogP contribution in [0.2, 0.25) is 0 Å². The molecule has 1 aliphatic carbocycles. The van der Waals surface area contributed by atoms with Gasteiger partial charge in [0.15, 0.2) is 0 Å². The molecule has 2 rings (SSSR count). The van der Waals surface area contributed by atoms with Crippen molar-refractivity contribution in [2.75, 3.05) is 6.73 Å². The highest BCUT2D eigenvalue weighted by atomic mass is 16.5. The van der Waals surface area contributed by atoms with Crippen molar-refractivity contribution in [2.45, 2.75) is 95.9 Å². The van der Waals surface area contributed by atoms with E-state index >= 15 is 0 Å². The average Bonchev–Trinajstić information content (AvgIpc) is 2.26. The molecule has 19 heavy (non-hydrogen) atoms. The van der Waals surface area contributed by atoms with Crippen LogP contribution in [0.25, 0.3) is 0 Å². The molecule has 0 aromatic rings. The molecule has 0 amide bonds. The Bertz CT molecular complexity index is 266. The van der Waals surface area contributed by atoms with Crippen molar-refractivity contribution in [1.29, 1.82) is 0 Å². The van der Waals surface area contributed by atoms with Crippen LogP contribution in [0.4, 0.5) is 0 Å². The first-order valence-electron chi connectivity index (χ1n) is 8.01. The third kappa shape index (κ3) is 5.05. The normalized spacial score (nSPS) is 28.4. The highest BCUT2D eigenvalue weighted by molar-refractivity contribution is 4.97. The fraction of sp³-hybridized carbons (Fsp3) is 1.00. The van der Waals surface area contributed by atoms with Gasteiger partial charge < -0.3 is 10.1 Å². The van der Waals surface area contributed by atoms with Crippen LogP contribution in [0.1, 0.15) is 72.6 Å². The third-order valence-corrected chi connectivity index (χ3v) is 4.45. The number of hydrogen-bond acceptors (Lipinski definition) is 3. The summed E-state index contributed by atoms with van der Waals surface area (Å²) >= 11 is 0. The maximum atomic E-state index is 6.11. The Morgan fingerprint density at radius 1 is 1.00 bits per heavy atom. The molecular formula is C16H32N2O. The molecule has 112 valence electrons. The molecule has 2 fully saturated rings. The predicted octanol–water partition coefficient (Wildman–Crippen LogP) is 3.19. The Morgan fingerprint density at radius 2 is 1.58 bits per heavy atom. The van der Waals surface area contributed by atoms with Gasteiger partial charge >= 0.3 is 0 Å². The summed E-state index contributed by atoms with van der Waals surface area (Å²) in [6.07, 6.45) is 9.40. The van der Waals surface area contributed by atoms with Crippen LogP contribution >= 0.6 is 0 Å². The lowest BCUT2D eigenvalue weighted by Crippen LogP contribution is -2.59. The molecule has 1 saturated carbocycles. The summed E-state index contributed by atoms with van der Waals surface area (Å²) in [5.41, 5.74) is 0.356. The monoisotopic (exact) mass is 268 g/mol. The summed E-state index contributed by atoms with van der Waals surface area (Å²) in [5, 5.41) is 7.28. The Labute approximate surface area is 118 Å². The number of rotatable bonds is 4. The van der Waals surface area contributed by atoms with Gasteiger partial charge in [-0.25, -0.2) is 0 Å². The largest absolute Gasteiger partial charge is 0.363 e. The maximum absolute atomic E-state index is 6.11. The van der Waals surface area contributed by atoms with Crippen molar-refractivity contribution in [3.8, 4) is 0 Å². The minimum Gasteiger partial charge on any atom is -0.363 e. The van der Waals surface area contributed by atoms with Crippen molar-refractivity contribution >= 4 is 0 Å². The molecule has 0 radical (unpaired) electrons. The highest BCUT2D eigenvalue weighted by Crippen LogP contribution is 2.30. The summed E-state index contributed by atoms with van der Waals surface area (Å²) in [7, 11) is 0. The summed E-state index contributed by atoms with van der Waals surface area (Å²) in [6, 6.07) is 0.691. The molecule has 0 spiro atoms. The summed E-state index contributed by atoms with van der Waals surface area (Å²) in [5.74, 6) is 0. The molecule has 1 saturated heterocycles. The smallest absolute Gasteiger partial charge is 0.0971 e. The Hall–Kier alpha value is -0.120. The van der Waals surface area contributed by atoms with Gasteiger partial charge in [0.2, 0.25) is 0 Å². The second-order valence-electron chi connectivity index (χ2n) is 7.77. The van der Waals surface area contributed by atoms with Gasteiger partial charge in [-0.05, 0) is 53.4 Å². The van der Waals surface area contributed by atoms with E-state index in [1.54, 1.807) is 0 Å². The van der Waals surface area contributed by atoms with Crippen molar-refractivity contribution in [1.82, 2.24) is 10.6 Å². The first-order valence-corrected chi connectivity index (χ1v) is 8.01. The standard InChI is InChI=1S/C16H32N2O/c1-15(2)10-14(11-16(3,4)18-15)19-12-17-13-8-6-5-7-9-13/h13-14,17-18H,5-12H2,1-4H3. The lowest BCUT2D eigenvalue weighted by atomic mass is 9.81. The van der Waals surface area contributed by atoms with Crippen LogP contribution < -0.4 is 10.6 Å². The summed E-state index contributed by atoms with van der Waals surface area (Å²) in [4.78, 5) is 0. The zero-order chi connectivity index (χ0) is 13.9. The number of hydrogen-bond donors (Lipinski definition) is 2. The molecular weight excluding hydrogens is 236 g/mol. The van der Waals surface area contributed by atoms with Crippen molar-refractivity contribution in [3.05, 3.63) is 0 Å². The van der Waals surface area contributed by atoms with Crippen molar-refractivity contribution < 1.29 is 4.74 Å². The van der Waals surface area contributed by atoms with E-state index in [4.69, 9.17) is 4.74 Å². The summed E-state index contributed by atoms with van der Waals surface area (Å²) in [6.45, 7) is 9.83. The van der Waals surface area contributed by atoms with Crippen LogP contribution in [0.5, 0.6) is 0 Å². The number of nitrogens with one attached hydrogen (secondary N) is 2. The summed E-state index contributed by atoms with van der Waals surface area (Å²) < 4.78 is 6.11. The number of piperidine rings is 1. The molecule has 2 N–H and O–H groups in total. The molecule has 0 aromatic heterocycles. The molecule has 3 heteroatoms. The highest BCUT2D eigenvalue weighted by Gasteiger charge is 2.38. The van der Waals surface area contributed by atoms with E-state index in [0.717, 1.165) is 19.6 Å². The molecule has 1 aliphatic heterocycles. The van der Waals surface area contributed by atoms with Crippen molar-refractivity contribution in [3.63, 3.8) is 0 Å². The first-order chi connectivity index (χ1) is 8.86. The van der Waals surface area contributed by atoms with E-state index in [-0.39, 0.29) is 11.1 Å². The van der Waals surface area contributed by atoms with E-state index < -0.39 is 0 Å². The van der Waals surface area contributed by atoms with E-state index in [1.807, 2.05) is 0 Å². The van der Waals surface area contributed by atoms with Gasteiger partial charge in [-0.2, -0.15) is 0 Å². The molecule has 2 aliphatic rings. The first kappa shape index (κ1) is 15.3. The molecule has 1 heterocycles. The van der Waals surface area contributed by atoms with Crippen LogP contribution in [0.3, 0.4) is 0 Å². The second-order valence-corrected chi connectivity index (χ2v) is 7.77. The second kappa shape index (κ2) is 6.11.